The highest BCUT2D eigenvalue weighted by Gasteiger charge is 2.30. The molecule has 2 rings (SSSR count). The van der Waals surface area contributed by atoms with Crippen molar-refractivity contribution in [2.75, 3.05) is 6.16 Å². The third-order valence-corrected chi connectivity index (χ3v) is 5.21. The van der Waals surface area contributed by atoms with E-state index in [2.05, 4.69) is 6.92 Å². The van der Waals surface area contributed by atoms with E-state index in [0.717, 1.165) is 18.4 Å². The molecule has 0 spiro atoms. The predicted molar refractivity (Wildman–Crippen MR) is 77.7 cm³/mol. The first-order valence-corrected chi connectivity index (χ1v) is 8.88. The zero-order valence-corrected chi connectivity index (χ0v) is 12.5. The standard InChI is InChI=1S/C15H23O3P/c1-2-3-4-5-6-9-12-19(16)17-13-14-10-7-8-11-15(14)18-19/h7-8,10-11H,2-6,9,12-13H2,1H3/i7T. The molecule has 4 heteroatoms. The van der Waals surface area contributed by atoms with Crippen molar-refractivity contribution in [1.82, 2.24) is 0 Å². The van der Waals surface area contributed by atoms with Crippen molar-refractivity contribution in [3.8, 4) is 5.75 Å². The normalized spacial score (nSPS) is 22.5. The minimum atomic E-state index is -2.98. The van der Waals surface area contributed by atoms with Crippen LogP contribution >= 0.6 is 7.60 Å². The smallest absolute Gasteiger partial charge is 0.379 e. The van der Waals surface area contributed by atoms with E-state index in [9.17, 15) is 4.57 Å². The molecule has 1 aliphatic heterocycles. The van der Waals surface area contributed by atoms with Gasteiger partial charge in [0.05, 0.1) is 14.1 Å². The first-order chi connectivity index (χ1) is 9.63. The van der Waals surface area contributed by atoms with E-state index >= 15 is 0 Å². The molecule has 0 fully saturated rings. The Balaban J connectivity index is 1.81. The molecule has 0 saturated carbocycles. The topological polar surface area (TPSA) is 35.5 Å². The molecule has 0 aliphatic carbocycles. The second-order valence-electron chi connectivity index (χ2n) is 5.00. The van der Waals surface area contributed by atoms with E-state index in [1.807, 2.05) is 0 Å². The lowest BCUT2D eigenvalue weighted by Gasteiger charge is -2.25. The lowest BCUT2D eigenvalue weighted by molar-refractivity contribution is 0.231. The molecular weight excluding hydrogens is 259 g/mol. The van der Waals surface area contributed by atoms with Crippen LogP contribution < -0.4 is 4.52 Å². The average molecular weight is 284 g/mol. The monoisotopic (exact) mass is 284 g/mol. The third-order valence-electron chi connectivity index (χ3n) is 3.34. The maximum absolute atomic E-state index is 12.5. The van der Waals surface area contributed by atoms with Crippen LogP contribution in [0.5, 0.6) is 5.75 Å². The van der Waals surface area contributed by atoms with Crippen LogP contribution in [0, 0.1) is 0 Å². The molecule has 1 unspecified atom stereocenters. The summed E-state index contributed by atoms with van der Waals surface area (Å²) in [7, 11) is -2.98. The lowest BCUT2D eigenvalue weighted by Crippen LogP contribution is -2.09. The molecule has 1 aliphatic rings. The summed E-state index contributed by atoms with van der Waals surface area (Å²) in [6.07, 6.45) is 7.39. The maximum Gasteiger partial charge on any atom is 0.379 e. The number of rotatable bonds is 7. The van der Waals surface area contributed by atoms with Gasteiger partial charge in [-0.05, 0) is 12.5 Å². The van der Waals surface area contributed by atoms with Crippen molar-refractivity contribution in [3.05, 3.63) is 29.8 Å². The van der Waals surface area contributed by atoms with Crippen LogP contribution in [0.3, 0.4) is 0 Å². The third kappa shape index (κ3) is 4.36. The van der Waals surface area contributed by atoms with Gasteiger partial charge >= 0.3 is 7.60 Å². The average Bonchev–Trinajstić information content (AvgIpc) is 2.43. The van der Waals surface area contributed by atoms with Crippen molar-refractivity contribution in [1.29, 1.82) is 0 Å². The minimum absolute atomic E-state index is 0.287. The minimum Gasteiger partial charge on any atom is -0.424 e. The Bertz CT molecular complexity index is 490. The zero-order valence-electron chi connectivity index (χ0n) is 12.6. The van der Waals surface area contributed by atoms with Crippen LogP contribution in [0.25, 0.3) is 0 Å². The molecule has 1 atom stereocenters. The van der Waals surface area contributed by atoms with Crippen LogP contribution in [0.15, 0.2) is 24.2 Å². The van der Waals surface area contributed by atoms with Crippen molar-refractivity contribution >= 4 is 7.60 Å². The summed E-state index contributed by atoms with van der Waals surface area (Å²) in [6.45, 7) is 2.48. The number of unbranched alkanes of at least 4 members (excludes halogenated alkanes) is 5. The van der Waals surface area contributed by atoms with Crippen LogP contribution in [-0.4, -0.2) is 6.16 Å². The van der Waals surface area contributed by atoms with Gasteiger partial charge in [-0.2, -0.15) is 0 Å². The van der Waals surface area contributed by atoms with Crippen molar-refractivity contribution in [3.63, 3.8) is 0 Å². The largest absolute Gasteiger partial charge is 0.424 e. The summed E-state index contributed by atoms with van der Waals surface area (Å²) in [5.41, 5.74) is 0.812. The fraction of sp³-hybridized carbons (Fsp3) is 0.600. The van der Waals surface area contributed by atoms with Crippen molar-refractivity contribution in [2.45, 2.75) is 52.1 Å². The predicted octanol–water partition coefficient (Wildman–Crippen LogP) is 5.15. The van der Waals surface area contributed by atoms with Crippen LogP contribution in [0.2, 0.25) is 0 Å². The summed E-state index contributed by atoms with van der Waals surface area (Å²) in [5.74, 6) is 0.613. The first-order valence-electron chi connectivity index (χ1n) is 7.66. The van der Waals surface area contributed by atoms with E-state index in [4.69, 9.17) is 10.4 Å². The van der Waals surface area contributed by atoms with Gasteiger partial charge in [0.1, 0.15) is 5.75 Å². The van der Waals surface area contributed by atoms with E-state index in [-0.39, 0.29) is 6.61 Å². The maximum atomic E-state index is 12.5. The molecular formula is C15H23O3P. The molecule has 0 aromatic heterocycles. The highest BCUT2D eigenvalue weighted by Crippen LogP contribution is 2.53. The van der Waals surface area contributed by atoms with Gasteiger partial charge in [0.2, 0.25) is 0 Å². The van der Waals surface area contributed by atoms with Crippen molar-refractivity contribution in [2.24, 2.45) is 0 Å². The number of benzene rings is 1. The molecule has 3 nitrogen and oxygen atoms in total. The number of hydrogen-bond donors (Lipinski definition) is 0. The van der Waals surface area contributed by atoms with Crippen molar-refractivity contribution < 1.29 is 15.0 Å². The van der Waals surface area contributed by atoms with Gasteiger partial charge in [-0.1, -0.05) is 57.2 Å². The fourth-order valence-corrected chi connectivity index (χ4v) is 3.89. The molecule has 0 saturated heterocycles. The zero-order chi connectivity index (χ0) is 14.4. The molecule has 1 aromatic carbocycles. The summed E-state index contributed by atoms with van der Waals surface area (Å²) in [5, 5.41) is 0. The highest BCUT2D eigenvalue weighted by molar-refractivity contribution is 7.54. The Kier molecular flexibility index (Phi) is 4.95. The van der Waals surface area contributed by atoms with Crippen LogP contribution in [-0.2, 0) is 15.7 Å². The second-order valence-corrected chi connectivity index (χ2v) is 7.11. The number of para-hydroxylation sites is 1. The van der Waals surface area contributed by atoms with Gasteiger partial charge in [-0.25, -0.2) is 4.57 Å². The Labute approximate surface area is 117 Å². The molecule has 0 amide bonds. The molecule has 0 bridgehead atoms. The molecule has 1 heterocycles. The molecule has 19 heavy (non-hydrogen) atoms. The number of hydrogen-bond acceptors (Lipinski definition) is 3. The Hall–Kier alpha value is -0.790. The fourth-order valence-electron chi connectivity index (χ4n) is 2.19. The Morgan fingerprint density at radius 2 is 2.05 bits per heavy atom. The lowest BCUT2D eigenvalue weighted by atomic mass is 10.1. The van der Waals surface area contributed by atoms with Gasteiger partial charge in [-0.15, -0.1) is 0 Å². The van der Waals surface area contributed by atoms with E-state index < -0.39 is 7.60 Å². The molecule has 106 valence electrons. The Morgan fingerprint density at radius 1 is 1.26 bits per heavy atom. The Morgan fingerprint density at radius 3 is 2.89 bits per heavy atom. The molecule has 0 N–H and O–H groups in total. The van der Waals surface area contributed by atoms with Gasteiger partial charge in [0.25, 0.3) is 0 Å². The summed E-state index contributed by atoms with van der Waals surface area (Å²) in [6, 6.07) is 5.49. The number of fused-ring (bicyclic) bond motifs is 1. The first kappa shape index (κ1) is 13.2. The van der Waals surface area contributed by atoms with Crippen LogP contribution in [0.4, 0.5) is 0 Å². The quantitative estimate of drug-likeness (QED) is 0.513. The summed E-state index contributed by atoms with van der Waals surface area (Å²) >= 11 is 0. The van der Waals surface area contributed by atoms with Gasteiger partial charge < -0.3 is 4.52 Å². The summed E-state index contributed by atoms with van der Waals surface area (Å²) in [4.78, 5) is 0. The van der Waals surface area contributed by atoms with E-state index in [0.29, 0.717) is 18.0 Å². The molecule has 1 aromatic rings. The second kappa shape index (κ2) is 7.12. The SMILES string of the molecule is [3H]c1ccc2c(c1)COP(=O)(CCCCCCCC)O2. The van der Waals surface area contributed by atoms with Gasteiger partial charge in [0, 0.05) is 5.56 Å². The highest BCUT2D eigenvalue weighted by atomic mass is 31.2. The molecule has 0 radical (unpaired) electrons. The van der Waals surface area contributed by atoms with E-state index in [1.54, 1.807) is 18.2 Å². The summed E-state index contributed by atoms with van der Waals surface area (Å²) < 4.78 is 31.0. The van der Waals surface area contributed by atoms with E-state index in [1.165, 1.54) is 25.7 Å². The van der Waals surface area contributed by atoms with Crippen LogP contribution in [0.1, 0.15) is 52.4 Å². The van der Waals surface area contributed by atoms with Gasteiger partial charge in [0.15, 0.2) is 0 Å². The van der Waals surface area contributed by atoms with Gasteiger partial charge in [-0.3, -0.25) is 4.52 Å².